The molecule has 0 unspecified atom stereocenters. The van der Waals surface area contributed by atoms with Gasteiger partial charge in [-0.3, -0.25) is 0 Å². The van der Waals surface area contributed by atoms with Gasteiger partial charge in [0, 0.05) is 6.54 Å². The van der Waals surface area contributed by atoms with Crippen LogP contribution in [0.15, 0.2) is 0 Å². The van der Waals surface area contributed by atoms with Crippen LogP contribution in [0.2, 0.25) is 0 Å². The van der Waals surface area contributed by atoms with Gasteiger partial charge in [0.15, 0.2) is 0 Å². The number of hydrogen-bond acceptors (Lipinski definition) is 5. The van der Waals surface area contributed by atoms with Crippen molar-refractivity contribution in [3.63, 3.8) is 0 Å². The molecular weight excluding hydrogens is 197 g/mol. The molecule has 0 aromatic rings. The summed E-state index contributed by atoms with van der Waals surface area (Å²) in [5.41, 5.74) is 4.82. The predicted molar refractivity (Wildman–Crippen MR) is 36.0 cm³/mol. The van der Waals surface area contributed by atoms with Crippen molar-refractivity contribution in [1.82, 2.24) is 0 Å². The van der Waals surface area contributed by atoms with E-state index in [1.807, 2.05) is 0 Å². The number of rotatable bonds is 4. The third kappa shape index (κ3) is 6.42. The molecule has 0 bridgehead atoms. The summed E-state index contributed by atoms with van der Waals surface area (Å²) in [5, 5.41) is 0. The SMILES string of the molecule is NCCS(=O)(=O)OP(=O)(O)O. The zero-order chi connectivity index (χ0) is 9.12. The average Bonchev–Trinajstić information content (AvgIpc) is 1.55. The summed E-state index contributed by atoms with van der Waals surface area (Å²) >= 11 is 0. The van der Waals surface area contributed by atoms with E-state index in [1.54, 1.807) is 0 Å². The van der Waals surface area contributed by atoms with E-state index in [2.05, 4.69) is 3.97 Å². The first kappa shape index (κ1) is 11.0. The molecule has 9 heteroatoms. The maximum absolute atomic E-state index is 10.5. The van der Waals surface area contributed by atoms with Gasteiger partial charge in [0.2, 0.25) is 0 Å². The lowest BCUT2D eigenvalue weighted by Gasteiger charge is -2.03. The first-order chi connectivity index (χ1) is 4.77. The molecule has 7 nitrogen and oxygen atoms in total. The highest BCUT2D eigenvalue weighted by Gasteiger charge is 2.24. The van der Waals surface area contributed by atoms with E-state index in [9.17, 15) is 13.0 Å². The second-order valence-electron chi connectivity index (χ2n) is 1.62. The van der Waals surface area contributed by atoms with Gasteiger partial charge >= 0.3 is 7.82 Å². The lowest BCUT2D eigenvalue weighted by atomic mass is 10.8. The Kier molecular flexibility index (Phi) is 3.62. The number of hydrogen-bond donors (Lipinski definition) is 3. The molecule has 0 aromatic carbocycles. The van der Waals surface area contributed by atoms with Gasteiger partial charge in [-0.15, -0.1) is 0 Å². The van der Waals surface area contributed by atoms with E-state index in [0.29, 0.717) is 0 Å². The third-order valence-electron chi connectivity index (χ3n) is 0.579. The van der Waals surface area contributed by atoms with Gasteiger partial charge < -0.3 is 15.5 Å². The van der Waals surface area contributed by atoms with E-state index in [-0.39, 0.29) is 6.54 Å². The second kappa shape index (κ2) is 3.61. The summed E-state index contributed by atoms with van der Waals surface area (Å²) in [6.45, 7) is -0.248. The molecule has 0 heterocycles. The van der Waals surface area contributed by atoms with Crippen LogP contribution in [-0.4, -0.2) is 30.5 Å². The van der Waals surface area contributed by atoms with E-state index < -0.39 is 23.7 Å². The zero-order valence-corrected chi connectivity index (χ0v) is 7.09. The normalized spacial score (nSPS) is 13.4. The van der Waals surface area contributed by atoms with Crippen LogP contribution in [0.4, 0.5) is 0 Å². The molecule has 68 valence electrons. The average molecular weight is 205 g/mol. The van der Waals surface area contributed by atoms with Crippen molar-refractivity contribution in [2.75, 3.05) is 12.3 Å². The minimum Gasteiger partial charge on any atom is -0.329 e. The Morgan fingerprint density at radius 2 is 1.91 bits per heavy atom. The predicted octanol–water partition coefficient (Wildman–Crippen LogP) is -1.62. The summed E-state index contributed by atoms with van der Waals surface area (Å²) < 4.78 is 34.3. The lowest BCUT2D eigenvalue weighted by Crippen LogP contribution is -2.16. The van der Waals surface area contributed by atoms with E-state index >= 15 is 0 Å². The zero-order valence-electron chi connectivity index (χ0n) is 5.37. The fraction of sp³-hybridized carbons (Fsp3) is 1.00. The van der Waals surface area contributed by atoms with Crippen LogP contribution >= 0.6 is 7.82 Å². The standard InChI is InChI=1S/C2H8NO6PS/c3-1-2-11(7,8)9-10(4,5)6/h1-3H2,(H2,4,5,6). The maximum Gasteiger partial charge on any atom is 0.484 e. The Labute approximate surface area is 63.5 Å². The van der Waals surface area contributed by atoms with Crippen LogP contribution in [0.3, 0.4) is 0 Å². The fourth-order valence-electron chi connectivity index (χ4n) is 0.330. The van der Waals surface area contributed by atoms with Crippen molar-refractivity contribution in [3.8, 4) is 0 Å². The van der Waals surface area contributed by atoms with E-state index in [1.165, 1.54) is 0 Å². The Morgan fingerprint density at radius 3 is 2.18 bits per heavy atom. The summed E-state index contributed by atoms with van der Waals surface area (Å²) in [4.78, 5) is 16.1. The molecule has 0 radical (unpaired) electrons. The van der Waals surface area contributed by atoms with Gasteiger partial charge in [-0.2, -0.15) is 12.4 Å². The highest BCUT2D eigenvalue weighted by atomic mass is 32.2. The summed E-state index contributed by atoms with van der Waals surface area (Å²) in [6, 6.07) is 0. The molecule has 0 rings (SSSR count). The third-order valence-corrected chi connectivity index (χ3v) is 3.00. The quantitative estimate of drug-likeness (QED) is 0.471. The number of phosphoric acid groups is 1. The molecule has 0 spiro atoms. The molecule has 0 aliphatic rings. The molecule has 0 saturated carbocycles. The summed E-state index contributed by atoms with van der Waals surface area (Å²) in [7, 11) is -9.14. The van der Waals surface area contributed by atoms with Crippen LogP contribution in [0.1, 0.15) is 0 Å². The van der Waals surface area contributed by atoms with Gasteiger partial charge in [-0.25, -0.2) is 4.57 Å². The molecule has 4 N–H and O–H groups in total. The smallest absolute Gasteiger partial charge is 0.329 e. The Bertz CT molecular complexity index is 252. The largest absolute Gasteiger partial charge is 0.484 e. The first-order valence-electron chi connectivity index (χ1n) is 2.46. The fourth-order valence-corrected chi connectivity index (χ4v) is 2.10. The summed E-state index contributed by atoms with van der Waals surface area (Å²) in [6.07, 6.45) is 0. The van der Waals surface area contributed by atoms with Gasteiger partial charge in [0.1, 0.15) is 0 Å². The van der Waals surface area contributed by atoms with Crippen molar-refractivity contribution >= 4 is 17.9 Å². The highest BCUT2D eigenvalue weighted by molar-refractivity contribution is 7.90. The monoisotopic (exact) mass is 205 g/mol. The van der Waals surface area contributed by atoms with Crippen molar-refractivity contribution in [3.05, 3.63) is 0 Å². The van der Waals surface area contributed by atoms with Crippen LogP contribution in [0, 0.1) is 0 Å². The lowest BCUT2D eigenvalue weighted by molar-refractivity contribution is 0.285. The van der Waals surface area contributed by atoms with Gasteiger partial charge in [0.25, 0.3) is 10.1 Å². The van der Waals surface area contributed by atoms with Crippen LogP contribution in [0.25, 0.3) is 0 Å². The summed E-state index contributed by atoms with van der Waals surface area (Å²) in [5.74, 6) is -0.613. The molecule has 0 amide bonds. The van der Waals surface area contributed by atoms with E-state index in [4.69, 9.17) is 15.5 Å². The molecule has 0 aromatic heterocycles. The Morgan fingerprint density at radius 1 is 1.45 bits per heavy atom. The van der Waals surface area contributed by atoms with Crippen molar-refractivity contribution < 1.29 is 26.7 Å². The molecule has 0 saturated heterocycles. The van der Waals surface area contributed by atoms with Crippen molar-refractivity contribution in [2.24, 2.45) is 5.73 Å². The molecule has 11 heavy (non-hydrogen) atoms. The molecule has 0 fully saturated rings. The molecule has 0 aliphatic heterocycles. The molecule has 0 atom stereocenters. The van der Waals surface area contributed by atoms with Crippen LogP contribution in [-0.2, 0) is 18.7 Å². The first-order valence-corrected chi connectivity index (χ1v) is 5.57. The number of nitrogens with two attached hydrogens (primary N) is 1. The second-order valence-corrected chi connectivity index (χ2v) is 4.72. The maximum atomic E-state index is 10.5. The highest BCUT2D eigenvalue weighted by Crippen LogP contribution is 2.38. The Balaban J connectivity index is 4.27. The minimum atomic E-state index is -4.96. The van der Waals surface area contributed by atoms with Crippen molar-refractivity contribution in [1.29, 1.82) is 0 Å². The Hall–Kier alpha value is 0.0200. The van der Waals surface area contributed by atoms with Crippen LogP contribution in [0.5, 0.6) is 0 Å². The van der Waals surface area contributed by atoms with Crippen molar-refractivity contribution in [2.45, 2.75) is 0 Å². The molecular formula is C2H8NO6PS. The van der Waals surface area contributed by atoms with E-state index in [0.717, 1.165) is 0 Å². The van der Waals surface area contributed by atoms with Gasteiger partial charge in [0.05, 0.1) is 5.75 Å². The topological polar surface area (TPSA) is 127 Å². The minimum absolute atomic E-state index is 0.248. The van der Waals surface area contributed by atoms with Crippen LogP contribution < -0.4 is 5.73 Å². The molecule has 0 aliphatic carbocycles. The van der Waals surface area contributed by atoms with Gasteiger partial charge in [-0.1, -0.05) is 0 Å². The van der Waals surface area contributed by atoms with Gasteiger partial charge in [-0.05, 0) is 0 Å².